The maximum atomic E-state index is 12.5. The van der Waals surface area contributed by atoms with Crippen LogP contribution in [-0.2, 0) is 20.7 Å². The zero-order valence-corrected chi connectivity index (χ0v) is 15.5. The number of rotatable bonds is 8. The molecule has 0 spiro atoms. The van der Waals surface area contributed by atoms with E-state index in [1.54, 1.807) is 31.4 Å². The van der Waals surface area contributed by atoms with Gasteiger partial charge in [-0.25, -0.2) is 0 Å². The average Bonchev–Trinajstić information content (AvgIpc) is 2.68. The third-order valence-electron chi connectivity index (χ3n) is 3.96. The molecule has 6 heteroatoms. The molecule has 2 rings (SSSR count). The van der Waals surface area contributed by atoms with E-state index >= 15 is 0 Å². The molecule has 0 aliphatic rings. The number of esters is 1. The van der Waals surface area contributed by atoms with Gasteiger partial charge in [-0.2, -0.15) is 5.26 Å². The first-order chi connectivity index (χ1) is 13.0. The smallest absolute Gasteiger partial charge is 0.310 e. The van der Waals surface area contributed by atoms with E-state index in [-0.39, 0.29) is 31.9 Å². The van der Waals surface area contributed by atoms with E-state index in [1.807, 2.05) is 37.3 Å². The molecule has 0 atom stereocenters. The lowest BCUT2D eigenvalue weighted by atomic mass is 10.1. The highest BCUT2D eigenvalue weighted by atomic mass is 16.5. The molecule has 0 saturated carbocycles. The summed E-state index contributed by atoms with van der Waals surface area (Å²) in [5.74, 6) is -0.150. The summed E-state index contributed by atoms with van der Waals surface area (Å²) < 4.78 is 10.2. The fourth-order valence-electron chi connectivity index (χ4n) is 2.47. The predicted molar refractivity (Wildman–Crippen MR) is 101 cm³/mol. The number of benzene rings is 2. The Morgan fingerprint density at radius 3 is 2.33 bits per heavy atom. The number of hydrogen-bond donors (Lipinski definition) is 0. The van der Waals surface area contributed by atoms with E-state index in [2.05, 4.69) is 0 Å². The molecule has 0 heterocycles. The largest absolute Gasteiger partial charge is 0.497 e. The highest BCUT2D eigenvalue weighted by Crippen LogP contribution is 2.16. The molecule has 0 saturated heterocycles. The van der Waals surface area contributed by atoms with Crippen molar-refractivity contribution in [3.63, 3.8) is 0 Å². The molecule has 2 aromatic rings. The second-order valence-corrected chi connectivity index (χ2v) is 5.97. The normalized spacial score (nSPS) is 9.96. The summed E-state index contributed by atoms with van der Waals surface area (Å²) >= 11 is 0. The van der Waals surface area contributed by atoms with Gasteiger partial charge in [0.1, 0.15) is 5.75 Å². The number of carbonyl (C=O) groups is 2. The lowest BCUT2D eigenvalue weighted by Gasteiger charge is -2.21. The van der Waals surface area contributed by atoms with Gasteiger partial charge in [0.25, 0.3) is 5.91 Å². The van der Waals surface area contributed by atoms with E-state index < -0.39 is 5.97 Å². The minimum atomic E-state index is -0.488. The van der Waals surface area contributed by atoms with Crippen molar-refractivity contribution in [2.24, 2.45) is 0 Å². The van der Waals surface area contributed by atoms with Crippen molar-refractivity contribution in [2.45, 2.75) is 19.8 Å². The fourth-order valence-corrected chi connectivity index (χ4v) is 2.47. The van der Waals surface area contributed by atoms with Crippen LogP contribution in [0.25, 0.3) is 0 Å². The van der Waals surface area contributed by atoms with Crippen LogP contribution in [0.3, 0.4) is 0 Å². The number of nitriles is 1. The summed E-state index contributed by atoms with van der Waals surface area (Å²) in [5, 5.41) is 8.83. The Morgan fingerprint density at radius 1 is 1.07 bits per heavy atom. The SMILES string of the molecule is COc1ccc(CC(=O)OCC(=O)N(CCC#N)c2ccc(C)cc2)cc1. The Balaban J connectivity index is 1.94. The van der Waals surface area contributed by atoms with Gasteiger partial charge in [-0.15, -0.1) is 0 Å². The lowest BCUT2D eigenvalue weighted by molar-refractivity contribution is -0.147. The number of amides is 1. The Morgan fingerprint density at radius 2 is 1.74 bits per heavy atom. The van der Waals surface area contributed by atoms with Crippen LogP contribution in [0.1, 0.15) is 17.5 Å². The van der Waals surface area contributed by atoms with Crippen molar-refractivity contribution in [3.8, 4) is 11.8 Å². The van der Waals surface area contributed by atoms with Gasteiger partial charge in [-0.1, -0.05) is 29.8 Å². The number of hydrogen-bond acceptors (Lipinski definition) is 5. The highest BCUT2D eigenvalue weighted by molar-refractivity contribution is 5.95. The van der Waals surface area contributed by atoms with Crippen LogP contribution < -0.4 is 9.64 Å². The molecule has 140 valence electrons. The minimum Gasteiger partial charge on any atom is -0.497 e. The zero-order chi connectivity index (χ0) is 19.6. The standard InChI is InChI=1S/C21H22N2O4/c1-16-4-8-18(9-5-16)23(13-3-12-22)20(24)15-27-21(25)14-17-6-10-19(26-2)11-7-17/h4-11H,3,13-15H2,1-2H3. The summed E-state index contributed by atoms with van der Waals surface area (Å²) in [6, 6.07) is 16.5. The van der Waals surface area contributed by atoms with E-state index in [0.29, 0.717) is 11.4 Å². The number of carbonyl (C=O) groups excluding carboxylic acids is 2. The first-order valence-corrected chi connectivity index (χ1v) is 8.56. The Labute approximate surface area is 158 Å². The number of ether oxygens (including phenoxy) is 2. The molecular weight excluding hydrogens is 344 g/mol. The fraction of sp³-hybridized carbons (Fsp3) is 0.286. The van der Waals surface area contributed by atoms with Gasteiger partial charge in [0.2, 0.25) is 0 Å². The average molecular weight is 366 g/mol. The monoisotopic (exact) mass is 366 g/mol. The molecule has 0 bridgehead atoms. The molecule has 27 heavy (non-hydrogen) atoms. The molecule has 6 nitrogen and oxygen atoms in total. The first kappa shape index (κ1) is 20.0. The van der Waals surface area contributed by atoms with Crippen molar-refractivity contribution in [2.75, 3.05) is 25.2 Å². The van der Waals surface area contributed by atoms with Gasteiger partial charge in [-0.3, -0.25) is 9.59 Å². The van der Waals surface area contributed by atoms with E-state index in [4.69, 9.17) is 14.7 Å². The van der Waals surface area contributed by atoms with Crippen LogP contribution in [0.5, 0.6) is 5.75 Å². The van der Waals surface area contributed by atoms with Crippen molar-refractivity contribution in [1.29, 1.82) is 5.26 Å². The van der Waals surface area contributed by atoms with Crippen LogP contribution in [0.4, 0.5) is 5.69 Å². The summed E-state index contributed by atoms with van der Waals surface area (Å²) in [4.78, 5) is 26.0. The quantitative estimate of drug-likeness (QED) is 0.671. The van der Waals surface area contributed by atoms with Crippen LogP contribution in [0, 0.1) is 18.3 Å². The van der Waals surface area contributed by atoms with Gasteiger partial charge in [-0.05, 0) is 36.8 Å². The maximum absolute atomic E-state index is 12.5. The highest BCUT2D eigenvalue weighted by Gasteiger charge is 2.17. The number of nitrogens with zero attached hydrogens (tertiary/aromatic N) is 2. The van der Waals surface area contributed by atoms with E-state index in [1.165, 1.54) is 4.90 Å². The van der Waals surface area contributed by atoms with Crippen molar-refractivity contribution in [1.82, 2.24) is 0 Å². The van der Waals surface area contributed by atoms with Gasteiger partial charge in [0.15, 0.2) is 6.61 Å². The first-order valence-electron chi connectivity index (χ1n) is 8.56. The van der Waals surface area contributed by atoms with Gasteiger partial charge < -0.3 is 14.4 Å². The molecular formula is C21H22N2O4. The van der Waals surface area contributed by atoms with Crippen LogP contribution >= 0.6 is 0 Å². The van der Waals surface area contributed by atoms with Gasteiger partial charge >= 0.3 is 5.97 Å². The van der Waals surface area contributed by atoms with Crippen molar-refractivity contribution >= 4 is 17.6 Å². The second-order valence-electron chi connectivity index (χ2n) is 5.97. The molecule has 2 aromatic carbocycles. The number of anilines is 1. The third kappa shape index (κ3) is 6.15. The molecule has 1 amide bonds. The summed E-state index contributed by atoms with van der Waals surface area (Å²) in [6.07, 6.45) is 0.263. The number of aryl methyl sites for hydroxylation is 1. The summed E-state index contributed by atoms with van der Waals surface area (Å²) in [5.41, 5.74) is 2.51. The Kier molecular flexibility index (Phi) is 7.38. The molecule has 0 aliphatic heterocycles. The molecule has 0 aromatic heterocycles. The molecule has 0 fully saturated rings. The van der Waals surface area contributed by atoms with Gasteiger partial charge in [0.05, 0.1) is 26.0 Å². The Bertz CT molecular complexity index is 808. The zero-order valence-electron chi connectivity index (χ0n) is 15.5. The summed E-state index contributed by atoms with van der Waals surface area (Å²) in [6.45, 7) is 1.83. The maximum Gasteiger partial charge on any atom is 0.310 e. The van der Waals surface area contributed by atoms with Gasteiger partial charge in [0, 0.05) is 12.2 Å². The number of methoxy groups -OCH3 is 1. The molecule has 0 radical (unpaired) electrons. The minimum absolute atomic E-state index is 0.0694. The lowest BCUT2D eigenvalue weighted by Crippen LogP contribution is -2.35. The van der Waals surface area contributed by atoms with Crippen LogP contribution in [0.15, 0.2) is 48.5 Å². The topological polar surface area (TPSA) is 79.6 Å². The van der Waals surface area contributed by atoms with Crippen LogP contribution in [0.2, 0.25) is 0 Å². The van der Waals surface area contributed by atoms with E-state index in [0.717, 1.165) is 11.1 Å². The van der Waals surface area contributed by atoms with Crippen LogP contribution in [-0.4, -0.2) is 32.1 Å². The molecule has 0 aliphatic carbocycles. The van der Waals surface area contributed by atoms with Crippen molar-refractivity contribution in [3.05, 3.63) is 59.7 Å². The molecule has 0 unspecified atom stereocenters. The van der Waals surface area contributed by atoms with E-state index in [9.17, 15) is 9.59 Å². The third-order valence-corrected chi connectivity index (χ3v) is 3.96. The predicted octanol–water partition coefficient (Wildman–Crippen LogP) is 3.04. The summed E-state index contributed by atoms with van der Waals surface area (Å²) in [7, 11) is 1.57. The van der Waals surface area contributed by atoms with Crippen molar-refractivity contribution < 1.29 is 19.1 Å². The Hall–Kier alpha value is -3.33. The molecule has 0 N–H and O–H groups in total. The second kappa shape index (κ2) is 9.97.